The van der Waals surface area contributed by atoms with Crippen molar-refractivity contribution in [1.82, 2.24) is 9.97 Å². The van der Waals surface area contributed by atoms with Crippen LogP contribution < -0.4 is 11.5 Å². The maximum atomic E-state index is 10.8. The number of ether oxygens (including phenoxy) is 1. The Morgan fingerprint density at radius 1 is 1.00 bits per heavy atom. The van der Waals surface area contributed by atoms with Crippen LogP contribution in [0, 0.1) is 0 Å². The standard InChI is InChI=1S/C7H8N2O2.C6H6N2O2/c1-11-7(10)5-2-3-6(8)9-4-5;7-5-2-1-4(3-8-5)6(9)10/h2-4H,1H3,(H2,8,9);1-3H,(H2,7,8)(H,9,10). The third kappa shape index (κ3) is 5.15. The second-order valence-corrected chi connectivity index (χ2v) is 3.74. The first-order chi connectivity index (χ1) is 9.93. The van der Waals surface area contributed by atoms with E-state index in [2.05, 4.69) is 14.7 Å². The van der Waals surface area contributed by atoms with Gasteiger partial charge >= 0.3 is 11.9 Å². The molecule has 0 aliphatic heterocycles. The van der Waals surface area contributed by atoms with E-state index in [0.29, 0.717) is 17.2 Å². The Morgan fingerprint density at radius 3 is 1.81 bits per heavy atom. The van der Waals surface area contributed by atoms with Crippen molar-refractivity contribution < 1.29 is 19.4 Å². The van der Waals surface area contributed by atoms with Gasteiger partial charge in [0.25, 0.3) is 0 Å². The molecular weight excluding hydrogens is 276 g/mol. The van der Waals surface area contributed by atoms with Crippen LogP contribution in [-0.4, -0.2) is 34.1 Å². The van der Waals surface area contributed by atoms with E-state index in [4.69, 9.17) is 16.6 Å². The van der Waals surface area contributed by atoms with Gasteiger partial charge in [0.2, 0.25) is 0 Å². The molecule has 0 aliphatic rings. The van der Waals surface area contributed by atoms with Crippen LogP contribution in [0.4, 0.5) is 11.6 Å². The minimum Gasteiger partial charge on any atom is -0.478 e. The third-order valence-corrected chi connectivity index (χ3v) is 2.24. The number of methoxy groups -OCH3 is 1. The number of carboxylic acid groups (broad SMARTS) is 1. The van der Waals surface area contributed by atoms with Crippen LogP contribution in [0.15, 0.2) is 36.7 Å². The summed E-state index contributed by atoms with van der Waals surface area (Å²) in [5.41, 5.74) is 11.1. The minimum atomic E-state index is -0.993. The molecule has 0 spiro atoms. The van der Waals surface area contributed by atoms with Crippen LogP contribution in [0.1, 0.15) is 20.7 Å². The van der Waals surface area contributed by atoms with Crippen molar-refractivity contribution in [3.05, 3.63) is 47.8 Å². The van der Waals surface area contributed by atoms with Gasteiger partial charge in [-0.3, -0.25) is 0 Å². The van der Waals surface area contributed by atoms with Crippen LogP contribution in [-0.2, 0) is 4.74 Å². The van der Waals surface area contributed by atoms with Crippen molar-refractivity contribution in [3.63, 3.8) is 0 Å². The smallest absolute Gasteiger partial charge is 0.339 e. The molecule has 8 heteroatoms. The van der Waals surface area contributed by atoms with Gasteiger partial charge in [-0.25, -0.2) is 19.6 Å². The molecule has 2 rings (SSSR count). The highest BCUT2D eigenvalue weighted by Crippen LogP contribution is 2.02. The van der Waals surface area contributed by atoms with Crippen molar-refractivity contribution in [2.75, 3.05) is 18.6 Å². The van der Waals surface area contributed by atoms with Crippen molar-refractivity contribution in [2.45, 2.75) is 0 Å². The SMILES string of the molecule is COC(=O)c1ccc(N)nc1.Nc1ccc(C(=O)O)cn1. The number of aromatic carboxylic acids is 1. The fraction of sp³-hybridized carbons (Fsp3) is 0.0769. The van der Waals surface area contributed by atoms with Crippen LogP contribution in [0.25, 0.3) is 0 Å². The molecule has 2 heterocycles. The maximum Gasteiger partial charge on any atom is 0.339 e. The highest BCUT2D eigenvalue weighted by molar-refractivity contribution is 5.89. The van der Waals surface area contributed by atoms with E-state index in [1.807, 2.05) is 0 Å². The molecule has 0 bridgehead atoms. The highest BCUT2D eigenvalue weighted by Gasteiger charge is 2.03. The number of carboxylic acids is 1. The van der Waals surface area contributed by atoms with Crippen LogP contribution in [0.5, 0.6) is 0 Å². The summed E-state index contributed by atoms with van der Waals surface area (Å²) in [6.45, 7) is 0. The van der Waals surface area contributed by atoms with Crippen molar-refractivity contribution >= 4 is 23.6 Å². The maximum absolute atomic E-state index is 10.8. The quantitative estimate of drug-likeness (QED) is 0.690. The first kappa shape index (κ1) is 15.9. The largest absolute Gasteiger partial charge is 0.478 e. The average molecular weight is 290 g/mol. The molecule has 2 aromatic heterocycles. The lowest BCUT2D eigenvalue weighted by Crippen LogP contribution is -2.02. The number of aromatic nitrogens is 2. The van der Waals surface area contributed by atoms with E-state index in [9.17, 15) is 9.59 Å². The molecule has 8 nitrogen and oxygen atoms in total. The molecule has 110 valence electrons. The lowest BCUT2D eigenvalue weighted by Gasteiger charge is -1.97. The summed E-state index contributed by atoms with van der Waals surface area (Å²) in [4.78, 5) is 28.4. The first-order valence-corrected chi connectivity index (χ1v) is 5.68. The number of nitrogens with zero attached hydrogens (tertiary/aromatic N) is 2. The lowest BCUT2D eigenvalue weighted by atomic mass is 10.3. The zero-order valence-electron chi connectivity index (χ0n) is 11.2. The monoisotopic (exact) mass is 290 g/mol. The number of hydrogen-bond acceptors (Lipinski definition) is 7. The Morgan fingerprint density at radius 2 is 1.48 bits per heavy atom. The predicted molar refractivity (Wildman–Crippen MR) is 75.6 cm³/mol. The minimum absolute atomic E-state index is 0.147. The summed E-state index contributed by atoms with van der Waals surface area (Å²) in [6, 6.07) is 5.97. The van der Waals surface area contributed by atoms with E-state index in [1.165, 1.54) is 31.6 Å². The van der Waals surface area contributed by atoms with Gasteiger partial charge in [-0.05, 0) is 24.3 Å². The van der Waals surface area contributed by atoms with Gasteiger partial charge in [-0.15, -0.1) is 0 Å². The van der Waals surface area contributed by atoms with E-state index in [-0.39, 0.29) is 5.56 Å². The Kier molecular flexibility index (Phi) is 5.63. The summed E-state index contributed by atoms with van der Waals surface area (Å²) in [5, 5.41) is 8.39. The molecule has 21 heavy (non-hydrogen) atoms. The molecule has 0 saturated heterocycles. The van der Waals surface area contributed by atoms with Crippen LogP contribution >= 0.6 is 0 Å². The normalized spacial score (nSPS) is 9.19. The molecule has 0 aromatic carbocycles. The molecule has 0 atom stereocenters. The number of nitrogen functional groups attached to an aromatic ring is 2. The van der Waals surface area contributed by atoms with Gasteiger partial charge in [0.05, 0.1) is 18.2 Å². The second-order valence-electron chi connectivity index (χ2n) is 3.74. The number of nitrogens with two attached hydrogens (primary N) is 2. The van der Waals surface area contributed by atoms with Crippen LogP contribution in [0.3, 0.4) is 0 Å². The number of esters is 1. The molecule has 0 fully saturated rings. The third-order valence-electron chi connectivity index (χ3n) is 2.24. The summed E-state index contributed by atoms with van der Waals surface area (Å²) in [7, 11) is 1.32. The fourth-order valence-corrected chi connectivity index (χ4v) is 1.18. The molecular formula is C13H14N4O4. The Labute approximate surface area is 120 Å². The fourth-order valence-electron chi connectivity index (χ4n) is 1.18. The van der Waals surface area contributed by atoms with Crippen molar-refractivity contribution in [3.8, 4) is 0 Å². The molecule has 0 unspecified atom stereocenters. The Hall–Kier alpha value is -3.16. The van der Waals surface area contributed by atoms with E-state index < -0.39 is 11.9 Å². The van der Waals surface area contributed by atoms with Gasteiger partial charge in [0, 0.05) is 12.4 Å². The molecule has 5 N–H and O–H groups in total. The highest BCUT2D eigenvalue weighted by atomic mass is 16.5. The Bertz CT molecular complexity index is 611. The first-order valence-electron chi connectivity index (χ1n) is 5.68. The Balaban J connectivity index is 0.000000211. The van der Waals surface area contributed by atoms with Crippen molar-refractivity contribution in [1.29, 1.82) is 0 Å². The van der Waals surface area contributed by atoms with Gasteiger partial charge < -0.3 is 21.3 Å². The number of carbonyl (C=O) groups is 2. The molecule has 0 aliphatic carbocycles. The van der Waals surface area contributed by atoms with Gasteiger partial charge in [-0.1, -0.05) is 0 Å². The summed E-state index contributed by atoms with van der Waals surface area (Å²) in [5.74, 6) is -0.687. The summed E-state index contributed by atoms with van der Waals surface area (Å²) in [6.07, 6.45) is 2.60. The van der Waals surface area contributed by atoms with E-state index in [0.717, 1.165) is 0 Å². The molecule has 0 saturated carbocycles. The number of anilines is 2. The van der Waals surface area contributed by atoms with Crippen LogP contribution in [0.2, 0.25) is 0 Å². The number of pyridine rings is 2. The summed E-state index contributed by atoms with van der Waals surface area (Å²) >= 11 is 0. The topological polar surface area (TPSA) is 141 Å². The predicted octanol–water partition coefficient (Wildman–Crippen LogP) is 0.812. The zero-order valence-corrected chi connectivity index (χ0v) is 11.2. The molecule has 0 radical (unpaired) electrons. The number of hydrogen-bond donors (Lipinski definition) is 3. The molecule has 0 amide bonds. The van der Waals surface area contributed by atoms with E-state index in [1.54, 1.807) is 12.1 Å². The summed E-state index contributed by atoms with van der Waals surface area (Å²) < 4.78 is 4.46. The average Bonchev–Trinajstić information content (AvgIpc) is 2.48. The van der Waals surface area contributed by atoms with E-state index >= 15 is 0 Å². The second kappa shape index (κ2) is 7.43. The zero-order chi connectivity index (χ0) is 15.8. The number of rotatable bonds is 2. The molecule has 2 aromatic rings. The lowest BCUT2D eigenvalue weighted by molar-refractivity contribution is 0.0599. The van der Waals surface area contributed by atoms with Gasteiger partial charge in [0.15, 0.2) is 0 Å². The van der Waals surface area contributed by atoms with Gasteiger partial charge in [-0.2, -0.15) is 0 Å². The number of carbonyl (C=O) groups excluding carboxylic acids is 1. The van der Waals surface area contributed by atoms with Crippen molar-refractivity contribution in [2.24, 2.45) is 0 Å². The van der Waals surface area contributed by atoms with Gasteiger partial charge in [0.1, 0.15) is 11.6 Å².